The Bertz CT molecular complexity index is 454. The lowest BCUT2D eigenvalue weighted by atomic mass is 9.97. The van der Waals surface area contributed by atoms with Crippen LogP contribution in [0.25, 0.3) is 0 Å². The van der Waals surface area contributed by atoms with Gasteiger partial charge in [0.25, 0.3) is 0 Å². The number of unbranched alkanes of at least 4 members (excludes halogenated alkanes) is 1. The van der Waals surface area contributed by atoms with Gasteiger partial charge in [-0.1, -0.05) is 47.0 Å². The number of aromatic nitrogens is 2. The van der Waals surface area contributed by atoms with Crippen LogP contribution in [0, 0.1) is 11.8 Å². The summed E-state index contributed by atoms with van der Waals surface area (Å²) in [4.78, 5) is 2.70. The zero-order valence-corrected chi connectivity index (χ0v) is 16.5. The number of hydrogen-bond donors (Lipinski definition) is 0. The molecule has 0 bridgehead atoms. The van der Waals surface area contributed by atoms with Crippen molar-refractivity contribution < 1.29 is 0 Å². The Morgan fingerprint density at radius 1 is 1.21 bits per heavy atom. The third-order valence-electron chi connectivity index (χ3n) is 6.00. The van der Waals surface area contributed by atoms with Crippen molar-refractivity contribution in [2.75, 3.05) is 19.6 Å². The maximum Gasteiger partial charge on any atom is 0.0524 e. The first kappa shape index (κ1) is 19.5. The van der Waals surface area contributed by atoms with Crippen LogP contribution in [0.1, 0.15) is 84.1 Å². The topological polar surface area (TPSA) is 21.1 Å². The fourth-order valence-electron chi connectivity index (χ4n) is 3.77. The Labute approximate surface area is 149 Å². The van der Waals surface area contributed by atoms with Crippen LogP contribution in [0.15, 0.2) is 12.4 Å². The second kappa shape index (κ2) is 10.2. The number of likely N-dealkylation sites (tertiary alicyclic amines) is 1. The molecule has 0 aromatic carbocycles. The maximum absolute atomic E-state index is 4.61. The van der Waals surface area contributed by atoms with Crippen molar-refractivity contribution in [3.63, 3.8) is 0 Å². The maximum atomic E-state index is 4.61. The quantitative estimate of drug-likeness (QED) is 0.540. The highest BCUT2D eigenvalue weighted by molar-refractivity contribution is 5.09. The van der Waals surface area contributed by atoms with Crippen molar-refractivity contribution in [1.29, 1.82) is 0 Å². The van der Waals surface area contributed by atoms with Crippen molar-refractivity contribution >= 4 is 0 Å². The fraction of sp³-hybridized carbons (Fsp3) is 0.857. The molecule has 3 atom stereocenters. The molecule has 1 aliphatic rings. The van der Waals surface area contributed by atoms with Crippen LogP contribution in [0.3, 0.4) is 0 Å². The first-order chi connectivity index (χ1) is 11.6. The van der Waals surface area contributed by atoms with E-state index in [4.69, 9.17) is 0 Å². The smallest absolute Gasteiger partial charge is 0.0524 e. The van der Waals surface area contributed by atoms with E-state index in [1.165, 1.54) is 70.1 Å². The van der Waals surface area contributed by atoms with Gasteiger partial charge in [0.1, 0.15) is 0 Å². The minimum absolute atomic E-state index is 0.632. The summed E-state index contributed by atoms with van der Waals surface area (Å²) in [6, 6.07) is 0. The molecule has 0 amide bonds. The molecular formula is C21H39N3. The van der Waals surface area contributed by atoms with Crippen molar-refractivity contribution in [3.05, 3.63) is 18.0 Å². The zero-order chi connectivity index (χ0) is 17.4. The molecule has 3 heteroatoms. The molecule has 1 aliphatic heterocycles. The number of hydrogen-bond acceptors (Lipinski definition) is 2. The summed E-state index contributed by atoms with van der Waals surface area (Å²) in [5.74, 6) is 2.31. The van der Waals surface area contributed by atoms with Crippen molar-refractivity contribution in [2.24, 2.45) is 11.8 Å². The van der Waals surface area contributed by atoms with Crippen molar-refractivity contribution in [3.8, 4) is 0 Å². The van der Waals surface area contributed by atoms with Gasteiger partial charge in [-0.2, -0.15) is 5.10 Å². The van der Waals surface area contributed by atoms with E-state index < -0.39 is 0 Å². The minimum atomic E-state index is 0.632. The average Bonchev–Trinajstić information content (AvgIpc) is 3.06. The number of nitrogens with zero attached hydrogens (tertiary/aromatic N) is 3. The van der Waals surface area contributed by atoms with Gasteiger partial charge in [-0.15, -0.1) is 0 Å². The van der Waals surface area contributed by atoms with E-state index in [0.29, 0.717) is 5.92 Å². The third-order valence-corrected chi connectivity index (χ3v) is 6.00. The van der Waals surface area contributed by atoms with Crippen LogP contribution >= 0.6 is 0 Å². The summed E-state index contributed by atoms with van der Waals surface area (Å²) in [6.45, 7) is 14.2. The molecule has 1 fully saturated rings. The van der Waals surface area contributed by atoms with E-state index in [0.717, 1.165) is 18.4 Å². The van der Waals surface area contributed by atoms with Gasteiger partial charge in [0, 0.05) is 19.3 Å². The molecular weight excluding hydrogens is 294 g/mol. The monoisotopic (exact) mass is 333 g/mol. The molecule has 24 heavy (non-hydrogen) atoms. The van der Waals surface area contributed by atoms with Gasteiger partial charge in [-0.25, -0.2) is 0 Å². The molecule has 0 N–H and O–H groups in total. The van der Waals surface area contributed by atoms with Crippen LogP contribution in [-0.2, 0) is 6.54 Å². The lowest BCUT2D eigenvalue weighted by Gasteiger charge is -2.32. The van der Waals surface area contributed by atoms with Crippen LogP contribution in [0.2, 0.25) is 0 Å². The lowest BCUT2D eigenvalue weighted by Crippen LogP contribution is -2.37. The average molecular weight is 334 g/mol. The van der Waals surface area contributed by atoms with Crippen LogP contribution in [0.5, 0.6) is 0 Å². The molecule has 0 spiro atoms. The normalized spacial score (nSPS) is 21.8. The van der Waals surface area contributed by atoms with E-state index in [-0.39, 0.29) is 0 Å². The van der Waals surface area contributed by atoms with Crippen LogP contribution < -0.4 is 0 Å². The second-order valence-corrected chi connectivity index (χ2v) is 8.12. The third kappa shape index (κ3) is 6.23. The number of piperidine rings is 1. The van der Waals surface area contributed by atoms with Gasteiger partial charge in [0.2, 0.25) is 0 Å². The molecule has 1 aromatic heterocycles. The Morgan fingerprint density at radius 2 is 2.04 bits per heavy atom. The molecule has 138 valence electrons. The Balaban J connectivity index is 1.71. The van der Waals surface area contributed by atoms with Gasteiger partial charge in [-0.05, 0) is 62.1 Å². The summed E-state index contributed by atoms with van der Waals surface area (Å²) < 4.78 is 2.19. The standard InChI is InChI=1S/C21H39N3/c1-5-18(3)10-7-8-12-23-13-9-11-20(15-23)16-24-17-21(14-22-24)19(4)6-2/h14,17-20H,5-13,15-16H2,1-4H3/t18?,19?,20-/m1/s1. The molecule has 0 aliphatic carbocycles. The predicted octanol–water partition coefficient (Wildman–Crippen LogP) is 5.33. The SMILES string of the molecule is CCC(C)CCCCN1CCC[C@@H](Cn2cc(C(C)CC)cn2)C1. The number of rotatable bonds is 10. The van der Waals surface area contributed by atoms with Crippen molar-refractivity contribution in [1.82, 2.24) is 14.7 Å². The summed E-state index contributed by atoms with van der Waals surface area (Å²) in [5.41, 5.74) is 1.40. The second-order valence-electron chi connectivity index (χ2n) is 8.12. The molecule has 3 nitrogen and oxygen atoms in total. The summed E-state index contributed by atoms with van der Waals surface area (Å²) in [6.07, 6.45) is 13.8. The highest BCUT2D eigenvalue weighted by Crippen LogP contribution is 2.21. The highest BCUT2D eigenvalue weighted by Gasteiger charge is 2.20. The Kier molecular flexibility index (Phi) is 8.31. The van der Waals surface area contributed by atoms with E-state index in [1.807, 2.05) is 0 Å². The van der Waals surface area contributed by atoms with Gasteiger partial charge < -0.3 is 4.90 Å². The van der Waals surface area contributed by atoms with Crippen LogP contribution in [0.4, 0.5) is 0 Å². The Hall–Kier alpha value is -0.830. The summed E-state index contributed by atoms with van der Waals surface area (Å²) in [5, 5.41) is 4.61. The molecule has 1 saturated heterocycles. The zero-order valence-electron chi connectivity index (χ0n) is 16.5. The predicted molar refractivity (Wildman–Crippen MR) is 103 cm³/mol. The molecule has 2 heterocycles. The van der Waals surface area contributed by atoms with Crippen LogP contribution in [-0.4, -0.2) is 34.3 Å². The fourth-order valence-corrected chi connectivity index (χ4v) is 3.77. The van der Waals surface area contributed by atoms with Gasteiger partial charge >= 0.3 is 0 Å². The molecule has 2 unspecified atom stereocenters. The summed E-state index contributed by atoms with van der Waals surface area (Å²) >= 11 is 0. The first-order valence-corrected chi connectivity index (χ1v) is 10.4. The largest absolute Gasteiger partial charge is 0.303 e. The first-order valence-electron chi connectivity index (χ1n) is 10.4. The van der Waals surface area contributed by atoms with E-state index in [1.54, 1.807) is 0 Å². The highest BCUT2D eigenvalue weighted by atomic mass is 15.3. The molecule has 0 saturated carbocycles. The summed E-state index contributed by atoms with van der Waals surface area (Å²) in [7, 11) is 0. The van der Waals surface area contributed by atoms with E-state index in [2.05, 4.69) is 54.8 Å². The van der Waals surface area contributed by atoms with Crippen molar-refractivity contribution in [2.45, 2.75) is 85.1 Å². The minimum Gasteiger partial charge on any atom is -0.303 e. The molecule has 2 rings (SSSR count). The van der Waals surface area contributed by atoms with E-state index >= 15 is 0 Å². The van der Waals surface area contributed by atoms with Gasteiger partial charge in [0.05, 0.1) is 6.20 Å². The van der Waals surface area contributed by atoms with E-state index in [9.17, 15) is 0 Å². The van der Waals surface area contributed by atoms with Gasteiger partial charge in [-0.3, -0.25) is 4.68 Å². The van der Waals surface area contributed by atoms with Gasteiger partial charge in [0.15, 0.2) is 0 Å². The Morgan fingerprint density at radius 3 is 2.79 bits per heavy atom. The molecule has 1 aromatic rings. The molecule has 0 radical (unpaired) electrons. The lowest BCUT2D eigenvalue weighted by molar-refractivity contribution is 0.157.